The van der Waals surface area contributed by atoms with Crippen molar-refractivity contribution in [2.24, 2.45) is 0 Å². The third kappa shape index (κ3) is 3.84. The van der Waals surface area contributed by atoms with Gasteiger partial charge in [0.1, 0.15) is 11.5 Å². The van der Waals surface area contributed by atoms with Gasteiger partial charge in [-0.15, -0.1) is 10.2 Å². The minimum absolute atomic E-state index is 0.0846. The predicted octanol–water partition coefficient (Wildman–Crippen LogP) is 2.52. The fraction of sp³-hybridized carbons (Fsp3) is 0.105. The Morgan fingerprint density at radius 2 is 1.82 bits per heavy atom. The zero-order chi connectivity index (χ0) is 19.5. The Bertz CT molecular complexity index is 1190. The van der Waals surface area contributed by atoms with Crippen LogP contribution >= 0.6 is 11.8 Å². The maximum Gasteiger partial charge on any atom is 0.274 e. The van der Waals surface area contributed by atoms with Crippen molar-refractivity contribution in [2.45, 2.75) is 11.6 Å². The van der Waals surface area contributed by atoms with Gasteiger partial charge in [0.05, 0.1) is 5.75 Å². The number of nitrogens with zero attached hydrogens (tertiary/aromatic N) is 4. The fourth-order valence-corrected chi connectivity index (χ4v) is 3.39. The molecule has 4 rings (SSSR count). The van der Waals surface area contributed by atoms with Crippen LogP contribution in [0.25, 0.3) is 5.78 Å². The van der Waals surface area contributed by atoms with Gasteiger partial charge in [-0.25, -0.2) is 4.39 Å². The standard InChI is InChI=1S/C19H14FN5O2S/c20-14-8-6-13(7-9-14)16(26)11-28-19-23-22-18-21-17(27)15(24-25(18)19)10-12-4-2-1-3-5-12/h1-9H,10-11H2,(H,21,22,27). The minimum atomic E-state index is -0.397. The number of nitrogens with one attached hydrogen (secondary N) is 1. The van der Waals surface area contributed by atoms with Crippen molar-refractivity contribution in [1.29, 1.82) is 0 Å². The predicted molar refractivity (Wildman–Crippen MR) is 102 cm³/mol. The quantitative estimate of drug-likeness (QED) is 0.398. The first-order valence-corrected chi connectivity index (χ1v) is 9.39. The van der Waals surface area contributed by atoms with Crippen LogP contribution in [0.4, 0.5) is 4.39 Å². The number of rotatable bonds is 6. The highest BCUT2D eigenvalue weighted by atomic mass is 32.2. The van der Waals surface area contributed by atoms with E-state index >= 15 is 0 Å². The van der Waals surface area contributed by atoms with Gasteiger partial charge in [0.25, 0.3) is 11.3 Å². The summed E-state index contributed by atoms with van der Waals surface area (Å²) in [6, 6.07) is 14.9. The first-order chi connectivity index (χ1) is 13.6. The second-order valence-electron chi connectivity index (χ2n) is 6.00. The number of aromatic nitrogens is 5. The number of fused-ring (bicyclic) bond motifs is 1. The van der Waals surface area contributed by atoms with E-state index in [1.807, 2.05) is 30.3 Å². The molecule has 9 heteroatoms. The maximum absolute atomic E-state index is 13.0. The summed E-state index contributed by atoms with van der Waals surface area (Å²) in [6.45, 7) is 0. The van der Waals surface area contributed by atoms with Crippen LogP contribution in [0.15, 0.2) is 64.5 Å². The van der Waals surface area contributed by atoms with E-state index in [1.54, 1.807) is 0 Å². The number of benzene rings is 2. The van der Waals surface area contributed by atoms with E-state index in [9.17, 15) is 14.0 Å². The molecule has 0 radical (unpaired) electrons. The molecule has 140 valence electrons. The van der Waals surface area contributed by atoms with Gasteiger partial charge in [-0.3, -0.25) is 14.6 Å². The molecule has 0 aliphatic carbocycles. The highest BCUT2D eigenvalue weighted by molar-refractivity contribution is 7.99. The Kier molecular flexibility index (Phi) is 4.98. The van der Waals surface area contributed by atoms with Gasteiger partial charge < -0.3 is 0 Å². The van der Waals surface area contributed by atoms with E-state index in [2.05, 4.69) is 20.3 Å². The zero-order valence-corrected chi connectivity index (χ0v) is 15.3. The molecule has 7 nitrogen and oxygen atoms in total. The summed E-state index contributed by atoms with van der Waals surface area (Å²) in [5.41, 5.74) is 1.36. The minimum Gasteiger partial charge on any atom is -0.293 e. The summed E-state index contributed by atoms with van der Waals surface area (Å²) < 4.78 is 14.4. The van der Waals surface area contributed by atoms with Gasteiger partial charge in [0, 0.05) is 12.0 Å². The molecule has 0 saturated heterocycles. The normalized spacial score (nSPS) is 11.0. The molecule has 2 heterocycles. The molecule has 28 heavy (non-hydrogen) atoms. The van der Waals surface area contributed by atoms with E-state index < -0.39 is 5.82 Å². The van der Waals surface area contributed by atoms with E-state index in [0.717, 1.165) is 17.3 Å². The molecule has 2 aromatic carbocycles. The number of Topliss-reactive ketones (excluding diaryl/α,β-unsaturated/α-hetero) is 1. The largest absolute Gasteiger partial charge is 0.293 e. The van der Waals surface area contributed by atoms with Crippen molar-refractivity contribution < 1.29 is 9.18 Å². The van der Waals surface area contributed by atoms with E-state index in [-0.39, 0.29) is 22.9 Å². The van der Waals surface area contributed by atoms with Gasteiger partial charge in [-0.2, -0.15) is 9.61 Å². The number of hydrogen-bond donors (Lipinski definition) is 1. The molecular formula is C19H14FN5O2S. The molecule has 4 aromatic rings. The first-order valence-electron chi connectivity index (χ1n) is 8.40. The summed E-state index contributed by atoms with van der Waals surface area (Å²) in [5, 5.41) is 12.6. The Balaban J connectivity index is 1.56. The lowest BCUT2D eigenvalue weighted by molar-refractivity contribution is 0.102. The summed E-state index contributed by atoms with van der Waals surface area (Å²) in [4.78, 5) is 27.2. The molecule has 2 aromatic heterocycles. The lowest BCUT2D eigenvalue weighted by atomic mass is 10.1. The summed E-state index contributed by atoms with van der Waals surface area (Å²) in [7, 11) is 0. The molecule has 0 atom stereocenters. The number of carbonyl (C=O) groups is 1. The Morgan fingerprint density at radius 1 is 1.07 bits per heavy atom. The topological polar surface area (TPSA) is 93.0 Å². The average molecular weight is 395 g/mol. The van der Waals surface area contributed by atoms with Crippen LogP contribution in [-0.2, 0) is 6.42 Å². The van der Waals surface area contributed by atoms with Crippen LogP contribution < -0.4 is 5.56 Å². The first kappa shape index (κ1) is 18.1. The summed E-state index contributed by atoms with van der Waals surface area (Å²) in [6.07, 6.45) is 0.364. The van der Waals surface area contributed by atoms with Crippen LogP contribution in [0, 0.1) is 5.82 Å². The summed E-state index contributed by atoms with van der Waals surface area (Å²) in [5.74, 6) is -0.276. The SMILES string of the molecule is O=C(CSc1nnc2[nH]c(=O)c(Cc3ccccc3)nn12)c1ccc(F)cc1. The van der Waals surface area contributed by atoms with Gasteiger partial charge >= 0.3 is 0 Å². The molecule has 0 aliphatic rings. The summed E-state index contributed by atoms with van der Waals surface area (Å²) >= 11 is 1.15. The molecule has 0 amide bonds. The van der Waals surface area contributed by atoms with Crippen molar-refractivity contribution in [3.63, 3.8) is 0 Å². The third-order valence-corrected chi connectivity index (χ3v) is 4.95. The number of thioether (sulfide) groups is 1. The van der Waals surface area contributed by atoms with E-state index in [0.29, 0.717) is 22.8 Å². The lowest BCUT2D eigenvalue weighted by Gasteiger charge is -2.03. The van der Waals surface area contributed by atoms with Gasteiger partial charge in [0.2, 0.25) is 5.16 Å². The van der Waals surface area contributed by atoms with E-state index in [1.165, 1.54) is 28.8 Å². The molecule has 0 fully saturated rings. The van der Waals surface area contributed by atoms with Crippen LogP contribution in [0.1, 0.15) is 21.6 Å². The number of carbonyl (C=O) groups excluding carboxylic acids is 1. The van der Waals surface area contributed by atoms with E-state index in [4.69, 9.17) is 0 Å². The zero-order valence-electron chi connectivity index (χ0n) is 14.5. The van der Waals surface area contributed by atoms with Crippen molar-refractivity contribution in [3.05, 3.63) is 87.6 Å². The molecule has 1 N–H and O–H groups in total. The number of halogens is 1. The Labute approximate surface area is 162 Å². The van der Waals surface area contributed by atoms with Gasteiger partial charge in [0.15, 0.2) is 5.78 Å². The van der Waals surface area contributed by atoms with Crippen LogP contribution in [0.5, 0.6) is 0 Å². The molecule has 0 aliphatic heterocycles. The number of hydrogen-bond acceptors (Lipinski definition) is 6. The van der Waals surface area contributed by atoms with Crippen molar-refractivity contribution in [2.75, 3.05) is 5.75 Å². The maximum atomic E-state index is 13.0. The molecular weight excluding hydrogens is 381 g/mol. The highest BCUT2D eigenvalue weighted by Crippen LogP contribution is 2.17. The fourth-order valence-electron chi connectivity index (χ4n) is 2.62. The third-order valence-electron chi connectivity index (χ3n) is 4.03. The molecule has 0 spiro atoms. The lowest BCUT2D eigenvalue weighted by Crippen LogP contribution is -2.19. The van der Waals surface area contributed by atoms with Crippen LogP contribution in [0.2, 0.25) is 0 Å². The Hall–Kier alpha value is -3.33. The smallest absolute Gasteiger partial charge is 0.274 e. The second-order valence-corrected chi connectivity index (χ2v) is 6.94. The molecule has 0 bridgehead atoms. The van der Waals surface area contributed by atoms with Crippen LogP contribution in [-0.4, -0.2) is 36.3 Å². The Morgan fingerprint density at radius 3 is 2.57 bits per heavy atom. The number of ketones is 1. The second kappa shape index (κ2) is 7.73. The monoisotopic (exact) mass is 395 g/mol. The van der Waals surface area contributed by atoms with Crippen LogP contribution in [0.3, 0.4) is 0 Å². The van der Waals surface area contributed by atoms with Gasteiger partial charge in [-0.05, 0) is 29.8 Å². The molecule has 0 unspecified atom stereocenters. The average Bonchev–Trinajstić information content (AvgIpc) is 3.09. The number of aromatic amines is 1. The van der Waals surface area contributed by atoms with Crippen molar-refractivity contribution in [1.82, 2.24) is 24.8 Å². The van der Waals surface area contributed by atoms with Gasteiger partial charge in [-0.1, -0.05) is 42.1 Å². The number of H-pyrrole nitrogens is 1. The van der Waals surface area contributed by atoms with Crippen molar-refractivity contribution >= 4 is 23.3 Å². The highest BCUT2D eigenvalue weighted by Gasteiger charge is 2.14. The molecule has 0 saturated carbocycles. The van der Waals surface area contributed by atoms with Crippen molar-refractivity contribution in [3.8, 4) is 0 Å².